The van der Waals surface area contributed by atoms with Gasteiger partial charge in [-0.1, -0.05) is 32.1 Å². The minimum atomic E-state index is 0.718. The van der Waals surface area contributed by atoms with E-state index in [1.165, 1.54) is 50.5 Å². The number of rotatable bonds is 3. The molecule has 3 nitrogen and oxygen atoms in total. The molecule has 3 heteroatoms. The standard InChI is InChI=1S/C14H25N3/c1-12-13(11-17(2)16-12)10-15-14-8-6-4-3-5-7-9-14/h11,14-15H,3-10H2,1-2H3. The fraction of sp³-hybridized carbons (Fsp3) is 0.786. The van der Waals surface area contributed by atoms with Crippen molar-refractivity contribution in [1.82, 2.24) is 15.1 Å². The van der Waals surface area contributed by atoms with Gasteiger partial charge < -0.3 is 5.32 Å². The van der Waals surface area contributed by atoms with Gasteiger partial charge in [0.25, 0.3) is 0 Å². The molecule has 1 N–H and O–H groups in total. The van der Waals surface area contributed by atoms with Gasteiger partial charge in [-0.2, -0.15) is 5.10 Å². The van der Waals surface area contributed by atoms with Gasteiger partial charge in [-0.15, -0.1) is 0 Å². The second kappa shape index (κ2) is 6.20. The quantitative estimate of drug-likeness (QED) is 0.873. The molecule has 1 aliphatic rings. The molecular formula is C14H25N3. The first-order valence-electron chi connectivity index (χ1n) is 6.98. The van der Waals surface area contributed by atoms with Crippen LogP contribution < -0.4 is 5.32 Å². The molecule has 0 aromatic carbocycles. The number of nitrogens with zero attached hydrogens (tertiary/aromatic N) is 2. The van der Waals surface area contributed by atoms with Crippen molar-refractivity contribution in [2.75, 3.05) is 0 Å². The van der Waals surface area contributed by atoms with Crippen LogP contribution in [0.4, 0.5) is 0 Å². The summed E-state index contributed by atoms with van der Waals surface area (Å²) in [5, 5.41) is 8.09. The Morgan fingerprint density at radius 3 is 2.47 bits per heavy atom. The van der Waals surface area contributed by atoms with E-state index in [1.807, 2.05) is 11.7 Å². The fourth-order valence-electron chi connectivity index (χ4n) is 2.74. The van der Waals surface area contributed by atoms with E-state index >= 15 is 0 Å². The van der Waals surface area contributed by atoms with Crippen LogP contribution in [0, 0.1) is 6.92 Å². The monoisotopic (exact) mass is 235 g/mol. The van der Waals surface area contributed by atoms with E-state index in [0.717, 1.165) is 18.3 Å². The molecule has 1 aliphatic carbocycles. The Morgan fingerprint density at radius 2 is 1.88 bits per heavy atom. The summed E-state index contributed by atoms with van der Waals surface area (Å²) in [6, 6.07) is 0.718. The Hall–Kier alpha value is -0.830. The molecule has 1 saturated carbocycles. The molecule has 1 aromatic heterocycles. The lowest BCUT2D eigenvalue weighted by atomic mass is 9.96. The van der Waals surface area contributed by atoms with Crippen molar-refractivity contribution in [2.24, 2.45) is 7.05 Å². The number of hydrogen-bond acceptors (Lipinski definition) is 2. The first-order chi connectivity index (χ1) is 8.25. The Kier molecular flexibility index (Phi) is 4.60. The second-order valence-corrected chi connectivity index (χ2v) is 5.34. The second-order valence-electron chi connectivity index (χ2n) is 5.34. The van der Waals surface area contributed by atoms with Crippen LogP contribution in [0.3, 0.4) is 0 Å². The summed E-state index contributed by atoms with van der Waals surface area (Å²) >= 11 is 0. The molecule has 17 heavy (non-hydrogen) atoms. The highest BCUT2D eigenvalue weighted by molar-refractivity contribution is 5.14. The smallest absolute Gasteiger partial charge is 0.0638 e. The van der Waals surface area contributed by atoms with E-state index in [2.05, 4.69) is 23.5 Å². The van der Waals surface area contributed by atoms with Crippen LogP contribution in [0.5, 0.6) is 0 Å². The molecule has 0 amide bonds. The van der Waals surface area contributed by atoms with Crippen LogP contribution in [0.1, 0.15) is 56.2 Å². The SMILES string of the molecule is Cc1nn(C)cc1CNC1CCCCCCC1. The number of hydrogen-bond donors (Lipinski definition) is 1. The Morgan fingerprint density at radius 1 is 1.24 bits per heavy atom. The maximum atomic E-state index is 4.38. The van der Waals surface area contributed by atoms with Crippen molar-refractivity contribution in [3.8, 4) is 0 Å². The van der Waals surface area contributed by atoms with Crippen molar-refractivity contribution < 1.29 is 0 Å². The summed E-state index contributed by atoms with van der Waals surface area (Å²) < 4.78 is 1.91. The van der Waals surface area contributed by atoms with Crippen molar-refractivity contribution >= 4 is 0 Å². The van der Waals surface area contributed by atoms with Gasteiger partial charge in [0, 0.05) is 31.4 Å². The molecule has 1 fully saturated rings. The molecular weight excluding hydrogens is 210 g/mol. The Balaban J connectivity index is 1.81. The molecule has 1 heterocycles. The van der Waals surface area contributed by atoms with Gasteiger partial charge in [-0.25, -0.2) is 0 Å². The van der Waals surface area contributed by atoms with Gasteiger partial charge in [-0.05, 0) is 19.8 Å². The van der Waals surface area contributed by atoms with E-state index in [1.54, 1.807) is 0 Å². The summed E-state index contributed by atoms with van der Waals surface area (Å²) in [6.07, 6.45) is 11.9. The molecule has 0 spiro atoms. The molecule has 2 rings (SSSR count). The summed E-state index contributed by atoms with van der Waals surface area (Å²) in [4.78, 5) is 0. The summed E-state index contributed by atoms with van der Waals surface area (Å²) in [6.45, 7) is 3.07. The van der Waals surface area contributed by atoms with Gasteiger partial charge >= 0.3 is 0 Å². The first-order valence-corrected chi connectivity index (χ1v) is 6.98. The summed E-state index contributed by atoms with van der Waals surface area (Å²) in [5.41, 5.74) is 2.50. The Bertz CT molecular complexity index is 335. The van der Waals surface area contributed by atoms with Gasteiger partial charge in [0.1, 0.15) is 0 Å². The normalized spacial score (nSPS) is 18.9. The number of nitrogens with one attached hydrogen (secondary N) is 1. The zero-order valence-corrected chi connectivity index (χ0v) is 11.2. The van der Waals surface area contributed by atoms with Crippen LogP contribution in [0.25, 0.3) is 0 Å². The van der Waals surface area contributed by atoms with E-state index in [-0.39, 0.29) is 0 Å². The van der Waals surface area contributed by atoms with Crippen LogP contribution in [0.2, 0.25) is 0 Å². The molecule has 0 bridgehead atoms. The van der Waals surface area contributed by atoms with Crippen LogP contribution in [-0.4, -0.2) is 15.8 Å². The molecule has 0 saturated heterocycles. The minimum absolute atomic E-state index is 0.718. The largest absolute Gasteiger partial charge is 0.310 e. The Labute approximate surface area is 105 Å². The average Bonchev–Trinajstić information content (AvgIpc) is 2.56. The third-order valence-electron chi connectivity index (χ3n) is 3.80. The maximum Gasteiger partial charge on any atom is 0.0638 e. The molecule has 0 aliphatic heterocycles. The fourth-order valence-corrected chi connectivity index (χ4v) is 2.74. The van der Waals surface area contributed by atoms with E-state index < -0.39 is 0 Å². The lowest BCUT2D eigenvalue weighted by molar-refractivity contribution is 0.388. The van der Waals surface area contributed by atoms with Crippen LogP contribution in [0.15, 0.2) is 6.20 Å². The zero-order chi connectivity index (χ0) is 12.1. The third kappa shape index (κ3) is 3.84. The number of aromatic nitrogens is 2. The van der Waals surface area contributed by atoms with E-state index in [0.29, 0.717) is 0 Å². The van der Waals surface area contributed by atoms with Gasteiger partial charge in [0.2, 0.25) is 0 Å². The lowest BCUT2D eigenvalue weighted by Gasteiger charge is -2.20. The third-order valence-corrected chi connectivity index (χ3v) is 3.80. The highest BCUT2D eigenvalue weighted by Gasteiger charge is 2.11. The predicted octanol–water partition coefficient (Wildman–Crippen LogP) is 2.93. The van der Waals surface area contributed by atoms with Crippen molar-refractivity contribution in [3.05, 3.63) is 17.5 Å². The van der Waals surface area contributed by atoms with E-state index in [9.17, 15) is 0 Å². The van der Waals surface area contributed by atoms with Crippen LogP contribution in [-0.2, 0) is 13.6 Å². The van der Waals surface area contributed by atoms with Crippen LogP contribution >= 0.6 is 0 Å². The van der Waals surface area contributed by atoms with Gasteiger partial charge in [0.05, 0.1) is 5.69 Å². The van der Waals surface area contributed by atoms with E-state index in [4.69, 9.17) is 0 Å². The molecule has 1 aromatic rings. The topological polar surface area (TPSA) is 29.9 Å². The minimum Gasteiger partial charge on any atom is -0.310 e. The maximum absolute atomic E-state index is 4.38. The van der Waals surface area contributed by atoms with Crippen molar-refractivity contribution in [2.45, 2.75) is 64.5 Å². The number of aryl methyl sites for hydroxylation is 2. The molecule has 0 radical (unpaired) electrons. The molecule has 0 unspecified atom stereocenters. The molecule has 96 valence electrons. The summed E-state index contributed by atoms with van der Waals surface area (Å²) in [7, 11) is 1.99. The average molecular weight is 235 g/mol. The first kappa shape index (κ1) is 12.6. The zero-order valence-electron chi connectivity index (χ0n) is 11.2. The van der Waals surface area contributed by atoms with Gasteiger partial charge in [0.15, 0.2) is 0 Å². The molecule has 0 atom stereocenters. The predicted molar refractivity (Wildman–Crippen MR) is 70.9 cm³/mol. The van der Waals surface area contributed by atoms with Crippen molar-refractivity contribution in [3.63, 3.8) is 0 Å². The van der Waals surface area contributed by atoms with Gasteiger partial charge in [-0.3, -0.25) is 4.68 Å². The highest BCUT2D eigenvalue weighted by atomic mass is 15.2. The van der Waals surface area contributed by atoms with Crippen molar-refractivity contribution in [1.29, 1.82) is 0 Å². The lowest BCUT2D eigenvalue weighted by Crippen LogP contribution is -2.29. The summed E-state index contributed by atoms with van der Waals surface area (Å²) in [5.74, 6) is 0. The highest BCUT2D eigenvalue weighted by Crippen LogP contribution is 2.17.